The highest BCUT2D eigenvalue weighted by molar-refractivity contribution is 9.10. The second-order valence-corrected chi connectivity index (χ2v) is 9.22. The SMILES string of the molecule is CCCN1CCCc2cc(CCNS(=O)(=O)c3ccccc3Br)ccc21. The average molecular weight is 437 g/mol. The molecule has 0 unspecified atom stereocenters. The number of aryl methyl sites for hydroxylation is 1. The van der Waals surface area contributed by atoms with E-state index in [1.807, 2.05) is 0 Å². The van der Waals surface area contributed by atoms with E-state index in [1.165, 1.54) is 23.2 Å². The van der Waals surface area contributed by atoms with Gasteiger partial charge in [0.05, 0.1) is 4.90 Å². The first-order chi connectivity index (χ1) is 12.5. The minimum atomic E-state index is -3.50. The topological polar surface area (TPSA) is 49.4 Å². The lowest BCUT2D eigenvalue weighted by Crippen LogP contribution is -2.30. The molecule has 0 aromatic heterocycles. The maximum absolute atomic E-state index is 12.4. The van der Waals surface area contributed by atoms with Gasteiger partial charge in [0, 0.05) is 29.8 Å². The molecule has 0 atom stereocenters. The van der Waals surface area contributed by atoms with Gasteiger partial charge in [0.25, 0.3) is 0 Å². The van der Waals surface area contributed by atoms with Gasteiger partial charge < -0.3 is 4.90 Å². The van der Waals surface area contributed by atoms with Gasteiger partial charge in [-0.2, -0.15) is 0 Å². The summed E-state index contributed by atoms with van der Waals surface area (Å²) >= 11 is 3.30. The monoisotopic (exact) mass is 436 g/mol. The molecular formula is C20H25BrN2O2S. The number of fused-ring (bicyclic) bond motifs is 1. The molecule has 1 heterocycles. The Bertz CT molecular complexity index is 868. The summed E-state index contributed by atoms with van der Waals surface area (Å²) in [5.74, 6) is 0. The van der Waals surface area contributed by atoms with Crippen molar-refractivity contribution in [3.63, 3.8) is 0 Å². The average Bonchev–Trinajstić information content (AvgIpc) is 2.62. The largest absolute Gasteiger partial charge is 0.371 e. The highest BCUT2D eigenvalue weighted by Gasteiger charge is 2.18. The highest BCUT2D eigenvalue weighted by atomic mass is 79.9. The summed E-state index contributed by atoms with van der Waals surface area (Å²) in [6.45, 7) is 4.82. The van der Waals surface area contributed by atoms with Crippen molar-refractivity contribution in [1.29, 1.82) is 0 Å². The van der Waals surface area contributed by atoms with Crippen LogP contribution in [0.25, 0.3) is 0 Å². The molecular weight excluding hydrogens is 412 g/mol. The van der Waals surface area contributed by atoms with Gasteiger partial charge in [-0.3, -0.25) is 0 Å². The molecule has 0 amide bonds. The van der Waals surface area contributed by atoms with Crippen LogP contribution in [0.3, 0.4) is 0 Å². The van der Waals surface area contributed by atoms with Crippen LogP contribution >= 0.6 is 15.9 Å². The number of benzene rings is 2. The standard InChI is InChI=1S/C20H25BrN2O2S/c1-2-13-23-14-5-6-17-15-16(9-10-19(17)23)11-12-22-26(24,25)20-8-4-3-7-18(20)21/h3-4,7-10,15,22H,2,5-6,11-14H2,1H3. The van der Waals surface area contributed by atoms with Gasteiger partial charge in [0.15, 0.2) is 0 Å². The number of rotatable bonds is 7. The van der Waals surface area contributed by atoms with Gasteiger partial charge in [-0.25, -0.2) is 13.1 Å². The van der Waals surface area contributed by atoms with Crippen molar-refractivity contribution in [2.45, 2.75) is 37.5 Å². The van der Waals surface area contributed by atoms with Crippen LogP contribution in [0.15, 0.2) is 51.8 Å². The molecule has 0 fully saturated rings. The molecule has 1 aliphatic rings. The minimum absolute atomic E-state index is 0.278. The zero-order chi connectivity index (χ0) is 18.6. The normalized spacial score (nSPS) is 14.3. The maximum Gasteiger partial charge on any atom is 0.241 e. The van der Waals surface area contributed by atoms with Gasteiger partial charge >= 0.3 is 0 Å². The zero-order valence-electron chi connectivity index (χ0n) is 15.0. The lowest BCUT2D eigenvalue weighted by atomic mass is 9.98. The van der Waals surface area contributed by atoms with E-state index in [4.69, 9.17) is 0 Å². The molecule has 4 nitrogen and oxygen atoms in total. The summed E-state index contributed by atoms with van der Waals surface area (Å²) < 4.78 is 28.2. The minimum Gasteiger partial charge on any atom is -0.371 e. The van der Waals surface area contributed by atoms with Crippen molar-refractivity contribution < 1.29 is 8.42 Å². The Hall–Kier alpha value is -1.37. The third kappa shape index (κ3) is 4.48. The lowest BCUT2D eigenvalue weighted by Gasteiger charge is -2.31. The van der Waals surface area contributed by atoms with Crippen molar-refractivity contribution in [2.24, 2.45) is 0 Å². The molecule has 0 bridgehead atoms. The highest BCUT2D eigenvalue weighted by Crippen LogP contribution is 2.28. The molecule has 0 saturated heterocycles. The van der Waals surface area contributed by atoms with Crippen LogP contribution < -0.4 is 9.62 Å². The number of anilines is 1. The molecule has 140 valence electrons. The smallest absolute Gasteiger partial charge is 0.241 e. The van der Waals surface area contributed by atoms with Crippen molar-refractivity contribution in [3.8, 4) is 0 Å². The van der Waals surface area contributed by atoms with Gasteiger partial charge in [-0.1, -0.05) is 31.2 Å². The predicted molar refractivity (Wildman–Crippen MR) is 110 cm³/mol. The van der Waals surface area contributed by atoms with E-state index in [0.717, 1.165) is 25.9 Å². The first kappa shape index (κ1) is 19.4. The van der Waals surface area contributed by atoms with Crippen molar-refractivity contribution in [2.75, 3.05) is 24.5 Å². The first-order valence-corrected chi connectivity index (χ1v) is 11.4. The van der Waals surface area contributed by atoms with Gasteiger partial charge in [-0.05, 0) is 70.9 Å². The zero-order valence-corrected chi connectivity index (χ0v) is 17.4. The molecule has 0 spiro atoms. The van der Waals surface area contributed by atoms with E-state index >= 15 is 0 Å². The van der Waals surface area contributed by atoms with Crippen LogP contribution in [0, 0.1) is 0 Å². The third-order valence-electron chi connectivity index (χ3n) is 4.68. The van der Waals surface area contributed by atoms with Crippen LogP contribution in [0.4, 0.5) is 5.69 Å². The second kappa shape index (κ2) is 8.55. The number of hydrogen-bond acceptors (Lipinski definition) is 3. The first-order valence-electron chi connectivity index (χ1n) is 9.12. The molecule has 26 heavy (non-hydrogen) atoms. The summed E-state index contributed by atoms with van der Waals surface area (Å²) in [4.78, 5) is 2.73. The number of sulfonamides is 1. The second-order valence-electron chi connectivity index (χ2n) is 6.63. The fourth-order valence-corrected chi connectivity index (χ4v) is 5.49. The molecule has 1 aliphatic heterocycles. The number of nitrogens with zero attached hydrogens (tertiary/aromatic N) is 1. The summed E-state index contributed by atoms with van der Waals surface area (Å²) in [5.41, 5.74) is 3.91. The molecule has 6 heteroatoms. The van der Waals surface area contributed by atoms with E-state index in [-0.39, 0.29) is 4.90 Å². The van der Waals surface area contributed by atoms with Gasteiger partial charge in [0.1, 0.15) is 0 Å². The molecule has 2 aromatic carbocycles. The third-order valence-corrected chi connectivity index (χ3v) is 7.16. The summed E-state index contributed by atoms with van der Waals surface area (Å²) in [6.07, 6.45) is 4.12. The van der Waals surface area contributed by atoms with E-state index in [1.54, 1.807) is 24.3 Å². The van der Waals surface area contributed by atoms with Crippen LogP contribution in [-0.4, -0.2) is 28.1 Å². The fraction of sp³-hybridized carbons (Fsp3) is 0.400. The van der Waals surface area contributed by atoms with Gasteiger partial charge in [-0.15, -0.1) is 0 Å². The summed E-state index contributed by atoms with van der Waals surface area (Å²) in [6, 6.07) is 13.4. The number of hydrogen-bond donors (Lipinski definition) is 1. The van der Waals surface area contributed by atoms with Crippen molar-refractivity contribution >= 4 is 31.6 Å². The Morgan fingerprint density at radius 3 is 2.77 bits per heavy atom. The molecule has 0 saturated carbocycles. The molecule has 0 aliphatic carbocycles. The Labute approximate surface area is 164 Å². The fourth-order valence-electron chi connectivity index (χ4n) is 3.46. The molecule has 0 radical (unpaired) electrons. The molecule has 1 N–H and O–H groups in total. The van der Waals surface area contributed by atoms with E-state index < -0.39 is 10.0 Å². The molecule has 2 aromatic rings. The maximum atomic E-state index is 12.4. The molecule has 3 rings (SSSR count). The van der Waals surface area contributed by atoms with E-state index in [9.17, 15) is 8.42 Å². The number of nitrogens with one attached hydrogen (secondary N) is 1. The Kier molecular flexibility index (Phi) is 6.37. The van der Waals surface area contributed by atoms with Crippen molar-refractivity contribution in [1.82, 2.24) is 4.72 Å². The summed E-state index contributed by atoms with van der Waals surface area (Å²) in [7, 11) is -3.50. The Morgan fingerprint density at radius 2 is 2.00 bits per heavy atom. The van der Waals surface area contributed by atoms with Gasteiger partial charge in [0.2, 0.25) is 10.0 Å². The van der Waals surface area contributed by atoms with Crippen LogP contribution in [0.5, 0.6) is 0 Å². The van der Waals surface area contributed by atoms with Crippen LogP contribution in [0.1, 0.15) is 30.9 Å². The van der Waals surface area contributed by atoms with Crippen LogP contribution in [-0.2, 0) is 22.9 Å². The predicted octanol–water partition coefficient (Wildman–Crippen LogP) is 4.13. The lowest BCUT2D eigenvalue weighted by molar-refractivity contribution is 0.581. The summed E-state index contributed by atoms with van der Waals surface area (Å²) in [5, 5.41) is 0. The van der Waals surface area contributed by atoms with E-state index in [0.29, 0.717) is 17.4 Å². The van der Waals surface area contributed by atoms with E-state index in [2.05, 4.69) is 50.7 Å². The van der Waals surface area contributed by atoms with Crippen LogP contribution in [0.2, 0.25) is 0 Å². The Morgan fingerprint density at radius 1 is 1.19 bits per heavy atom. The van der Waals surface area contributed by atoms with Crippen molar-refractivity contribution in [3.05, 3.63) is 58.1 Å². The Balaban J connectivity index is 1.65. The quantitative estimate of drug-likeness (QED) is 0.709. The number of halogens is 1.